The van der Waals surface area contributed by atoms with Crippen molar-refractivity contribution in [1.29, 1.82) is 0 Å². The van der Waals surface area contributed by atoms with E-state index in [-0.39, 0.29) is 12.7 Å². The van der Waals surface area contributed by atoms with Crippen LogP contribution in [0.1, 0.15) is 43.0 Å². The molecule has 0 spiro atoms. The lowest BCUT2D eigenvalue weighted by Crippen LogP contribution is -2.24. The van der Waals surface area contributed by atoms with Gasteiger partial charge in [0.05, 0.1) is 0 Å². The zero-order chi connectivity index (χ0) is 15.1. The van der Waals surface area contributed by atoms with Crippen molar-refractivity contribution >= 4 is 11.6 Å². The van der Waals surface area contributed by atoms with Gasteiger partial charge in [-0.1, -0.05) is 6.42 Å². The van der Waals surface area contributed by atoms with Crippen LogP contribution in [0.3, 0.4) is 0 Å². The minimum absolute atomic E-state index is 0.208. The van der Waals surface area contributed by atoms with Crippen LogP contribution in [0, 0.1) is 17.8 Å². The van der Waals surface area contributed by atoms with E-state index >= 15 is 0 Å². The fraction of sp³-hybridized carbons (Fsp3) is 0.529. The lowest BCUT2D eigenvalue weighted by molar-refractivity contribution is 0.0954. The number of hydrogen-bond donors (Lipinski definition) is 1. The summed E-state index contributed by atoms with van der Waals surface area (Å²) in [5.41, 5.74) is 4.27. The number of nitrogens with one attached hydrogen (secondary N) is 1. The van der Waals surface area contributed by atoms with E-state index in [9.17, 15) is 4.79 Å². The molecule has 22 heavy (non-hydrogen) atoms. The van der Waals surface area contributed by atoms with Crippen LogP contribution in [-0.2, 0) is 0 Å². The number of amides is 1. The van der Waals surface area contributed by atoms with E-state index in [4.69, 9.17) is 9.47 Å². The van der Waals surface area contributed by atoms with Crippen LogP contribution in [0.15, 0.2) is 23.3 Å². The van der Waals surface area contributed by atoms with Gasteiger partial charge in [0, 0.05) is 17.2 Å². The summed E-state index contributed by atoms with van der Waals surface area (Å²) in [6, 6.07) is 5.18. The normalized spacial score (nSPS) is 29.0. The lowest BCUT2D eigenvalue weighted by Gasteiger charge is -2.21. The molecule has 1 N–H and O–H groups in total. The predicted octanol–water partition coefficient (Wildman–Crippen LogP) is 2.96. The van der Waals surface area contributed by atoms with Crippen LogP contribution in [0.5, 0.6) is 11.5 Å². The van der Waals surface area contributed by atoms with Gasteiger partial charge in [-0.2, -0.15) is 5.10 Å². The first-order valence-electron chi connectivity index (χ1n) is 7.95. The van der Waals surface area contributed by atoms with E-state index in [1.54, 1.807) is 18.2 Å². The van der Waals surface area contributed by atoms with Crippen LogP contribution >= 0.6 is 0 Å². The van der Waals surface area contributed by atoms with Crippen molar-refractivity contribution in [2.75, 3.05) is 6.79 Å². The maximum absolute atomic E-state index is 12.2. The number of hydrogen-bond acceptors (Lipinski definition) is 4. The van der Waals surface area contributed by atoms with Crippen LogP contribution in [0.2, 0.25) is 0 Å². The molecular weight excluding hydrogens is 280 g/mol. The van der Waals surface area contributed by atoms with Crippen molar-refractivity contribution in [1.82, 2.24) is 5.43 Å². The van der Waals surface area contributed by atoms with E-state index in [0.29, 0.717) is 23.0 Å². The van der Waals surface area contributed by atoms with Gasteiger partial charge in [-0.3, -0.25) is 4.79 Å². The standard InChI is InChI=1S/C17H20N2O3/c1-10(14-7-11-2-3-12(14)6-11)18-19-17(20)13-4-5-15-16(8-13)22-9-21-15/h4-5,8,11-12,14H,2-3,6-7,9H2,1H3,(H,19,20)/b18-10-/t11-,12+,14+/m1/s1. The largest absolute Gasteiger partial charge is 0.454 e. The third kappa shape index (κ3) is 2.34. The zero-order valence-electron chi connectivity index (χ0n) is 12.7. The number of fused-ring (bicyclic) bond motifs is 3. The van der Waals surface area contributed by atoms with Gasteiger partial charge in [0.2, 0.25) is 6.79 Å². The van der Waals surface area contributed by atoms with Crippen LogP contribution in [-0.4, -0.2) is 18.4 Å². The molecule has 4 rings (SSSR count). The van der Waals surface area contributed by atoms with Gasteiger partial charge >= 0.3 is 0 Å². The van der Waals surface area contributed by atoms with E-state index in [1.807, 2.05) is 6.92 Å². The summed E-state index contributed by atoms with van der Waals surface area (Å²) in [6.07, 6.45) is 5.27. The number of carbonyl (C=O) groups is 1. The smallest absolute Gasteiger partial charge is 0.271 e. The Kier molecular flexibility index (Phi) is 3.28. The fourth-order valence-corrected chi connectivity index (χ4v) is 4.08. The van der Waals surface area contributed by atoms with E-state index < -0.39 is 0 Å². The van der Waals surface area contributed by atoms with Gasteiger partial charge in [0.25, 0.3) is 5.91 Å². The monoisotopic (exact) mass is 300 g/mol. The molecule has 5 heteroatoms. The van der Waals surface area contributed by atoms with Crippen molar-refractivity contribution in [3.05, 3.63) is 23.8 Å². The van der Waals surface area contributed by atoms with E-state index in [1.165, 1.54) is 25.7 Å². The first-order valence-corrected chi connectivity index (χ1v) is 7.95. The Balaban J connectivity index is 1.42. The molecule has 0 unspecified atom stereocenters. The Bertz CT molecular complexity index is 641. The number of hydrazone groups is 1. The summed E-state index contributed by atoms with van der Waals surface area (Å²) < 4.78 is 10.5. The lowest BCUT2D eigenvalue weighted by atomic mass is 9.86. The highest BCUT2D eigenvalue weighted by Gasteiger charge is 2.40. The van der Waals surface area contributed by atoms with Crippen molar-refractivity contribution in [2.24, 2.45) is 22.9 Å². The average molecular weight is 300 g/mol. The molecule has 2 bridgehead atoms. The summed E-state index contributed by atoms with van der Waals surface area (Å²) in [7, 11) is 0. The molecule has 0 aromatic heterocycles. The topological polar surface area (TPSA) is 59.9 Å². The van der Waals surface area contributed by atoms with E-state index in [2.05, 4.69) is 10.5 Å². The van der Waals surface area contributed by atoms with Gasteiger partial charge in [-0.25, -0.2) is 5.43 Å². The molecule has 3 atom stereocenters. The van der Waals surface area contributed by atoms with Crippen molar-refractivity contribution in [3.63, 3.8) is 0 Å². The third-order valence-corrected chi connectivity index (χ3v) is 5.24. The molecular formula is C17H20N2O3. The quantitative estimate of drug-likeness (QED) is 0.689. The molecule has 2 saturated carbocycles. The Morgan fingerprint density at radius 1 is 1.23 bits per heavy atom. The molecule has 1 amide bonds. The second kappa shape index (κ2) is 5.30. The first kappa shape index (κ1) is 13.6. The molecule has 3 aliphatic rings. The van der Waals surface area contributed by atoms with Crippen LogP contribution in [0.4, 0.5) is 0 Å². The summed E-state index contributed by atoms with van der Waals surface area (Å²) >= 11 is 0. The van der Waals surface area contributed by atoms with Gasteiger partial charge in [0.15, 0.2) is 11.5 Å². The number of carbonyl (C=O) groups excluding carboxylic acids is 1. The molecule has 1 aromatic carbocycles. The van der Waals surface area contributed by atoms with Crippen molar-refractivity contribution in [3.8, 4) is 11.5 Å². The number of ether oxygens (including phenoxy) is 2. The Morgan fingerprint density at radius 3 is 2.86 bits per heavy atom. The molecule has 2 fully saturated rings. The van der Waals surface area contributed by atoms with E-state index in [0.717, 1.165) is 17.5 Å². The summed E-state index contributed by atoms with van der Waals surface area (Å²) in [6.45, 7) is 2.24. The van der Waals surface area contributed by atoms with Gasteiger partial charge in [0.1, 0.15) is 0 Å². The second-order valence-electron chi connectivity index (χ2n) is 6.54. The maximum Gasteiger partial charge on any atom is 0.271 e. The highest BCUT2D eigenvalue weighted by atomic mass is 16.7. The van der Waals surface area contributed by atoms with Gasteiger partial charge < -0.3 is 9.47 Å². The van der Waals surface area contributed by atoms with Gasteiger partial charge in [-0.05, 0) is 56.2 Å². The van der Waals surface area contributed by atoms with Crippen molar-refractivity contribution in [2.45, 2.75) is 32.6 Å². The fourth-order valence-electron chi connectivity index (χ4n) is 4.08. The molecule has 0 saturated heterocycles. The molecule has 1 aromatic rings. The molecule has 1 aliphatic heterocycles. The summed E-state index contributed by atoms with van der Waals surface area (Å²) in [5.74, 6) is 3.29. The van der Waals surface area contributed by atoms with Gasteiger partial charge in [-0.15, -0.1) is 0 Å². The highest BCUT2D eigenvalue weighted by molar-refractivity contribution is 5.96. The minimum atomic E-state index is -0.208. The Morgan fingerprint density at radius 2 is 2.09 bits per heavy atom. The number of nitrogens with zero attached hydrogens (tertiary/aromatic N) is 1. The molecule has 1 heterocycles. The van der Waals surface area contributed by atoms with Crippen LogP contribution in [0.25, 0.3) is 0 Å². The summed E-state index contributed by atoms with van der Waals surface area (Å²) in [4.78, 5) is 12.2. The second-order valence-corrected chi connectivity index (χ2v) is 6.54. The minimum Gasteiger partial charge on any atom is -0.454 e. The molecule has 2 aliphatic carbocycles. The molecule has 0 radical (unpaired) electrons. The average Bonchev–Trinajstić information content (AvgIpc) is 3.26. The van der Waals surface area contributed by atoms with Crippen molar-refractivity contribution < 1.29 is 14.3 Å². The highest BCUT2D eigenvalue weighted by Crippen LogP contribution is 2.48. The third-order valence-electron chi connectivity index (χ3n) is 5.24. The zero-order valence-corrected chi connectivity index (χ0v) is 12.7. The maximum atomic E-state index is 12.2. The SMILES string of the molecule is C/C(=N/NC(=O)c1ccc2c(c1)OCO2)[C@@H]1C[C@@H]2CC[C@H]1C2. The predicted molar refractivity (Wildman–Crippen MR) is 82.1 cm³/mol. The Hall–Kier alpha value is -2.04. The molecule has 116 valence electrons. The first-order chi connectivity index (χ1) is 10.7. The number of benzene rings is 1. The Labute approximate surface area is 129 Å². The molecule has 5 nitrogen and oxygen atoms in total. The number of rotatable bonds is 3. The van der Waals surface area contributed by atoms with Crippen LogP contribution < -0.4 is 14.9 Å². The summed E-state index contributed by atoms with van der Waals surface area (Å²) in [5, 5.41) is 4.34.